The lowest BCUT2D eigenvalue weighted by Crippen LogP contribution is -2.30. The van der Waals surface area contributed by atoms with Crippen molar-refractivity contribution in [3.05, 3.63) is 24.0 Å². The van der Waals surface area contributed by atoms with E-state index in [1.165, 1.54) is 12.1 Å². The van der Waals surface area contributed by atoms with E-state index in [0.717, 1.165) is 11.8 Å². The van der Waals surface area contributed by atoms with Crippen LogP contribution in [0.5, 0.6) is 5.75 Å². The first-order chi connectivity index (χ1) is 7.15. The molecule has 0 aliphatic carbocycles. The van der Waals surface area contributed by atoms with Crippen molar-refractivity contribution in [1.29, 1.82) is 0 Å². The van der Waals surface area contributed by atoms with E-state index in [2.05, 4.69) is 0 Å². The predicted octanol–water partition coefficient (Wildman–Crippen LogP) is 0.247. The molecule has 3 nitrogen and oxygen atoms in total. The topological polar surface area (TPSA) is 49.7 Å². The van der Waals surface area contributed by atoms with Crippen molar-refractivity contribution in [3.8, 4) is 5.75 Å². The molecule has 0 saturated carbocycles. The van der Waals surface area contributed by atoms with Gasteiger partial charge in [-0.05, 0) is 23.9 Å². The quantitative estimate of drug-likeness (QED) is 0.562. The average molecular weight is 230 g/mol. The fourth-order valence-corrected chi connectivity index (χ4v) is 1.28. The van der Waals surface area contributed by atoms with E-state index >= 15 is 0 Å². The molecule has 15 heavy (non-hydrogen) atoms. The summed E-state index contributed by atoms with van der Waals surface area (Å²) in [5, 5.41) is 17.6. The molecule has 0 spiro atoms. The Morgan fingerprint density at radius 3 is 2.73 bits per heavy atom. The monoisotopic (exact) mass is 230 g/mol. The number of halogens is 1. The Hall–Kier alpha value is -0.715. The zero-order valence-corrected chi connectivity index (χ0v) is 9.13. The molecule has 1 aromatic carbocycles. The fourth-order valence-electron chi connectivity index (χ4n) is 1.03. The zero-order valence-electron chi connectivity index (χ0n) is 8.31. The van der Waals surface area contributed by atoms with Crippen LogP contribution in [0.15, 0.2) is 18.2 Å². The number of hydrogen-bond acceptors (Lipinski definition) is 4. The van der Waals surface area contributed by atoms with Gasteiger partial charge in [-0.15, -0.1) is 0 Å². The van der Waals surface area contributed by atoms with Crippen molar-refractivity contribution in [3.63, 3.8) is 0 Å². The highest BCUT2D eigenvalue weighted by atomic mass is 32.2. The molecule has 0 aliphatic rings. The van der Waals surface area contributed by atoms with Gasteiger partial charge in [0.25, 0.3) is 0 Å². The first-order valence-corrected chi connectivity index (χ1v) is 5.82. The molecule has 0 fully saturated rings. The molecule has 0 aliphatic heterocycles. The predicted molar refractivity (Wildman–Crippen MR) is 60.1 cm³/mol. The third kappa shape index (κ3) is 3.73. The minimum atomic E-state index is -1.65. The normalized spacial score (nSPS) is 10.1. The molecular formula is C9H12BFO3S. The summed E-state index contributed by atoms with van der Waals surface area (Å²) in [4.78, 5) is 0. The Bertz CT molecular complexity index is 322. The number of rotatable bonds is 5. The smallest absolute Gasteiger partial charge is 0.488 e. The molecule has 0 unspecified atom stereocenters. The molecule has 1 aromatic rings. The molecule has 82 valence electrons. The lowest BCUT2D eigenvalue weighted by atomic mass is 9.80. The first kappa shape index (κ1) is 12.4. The van der Waals surface area contributed by atoms with E-state index in [1.54, 1.807) is 11.8 Å². The molecule has 0 heterocycles. The third-order valence-electron chi connectivity index (χ3n) is 1.80. The summed E-state index contributed by atoms with van der Waals surface area (Å²) in [6, 6.07) is 3.87. The van der Waals surface area contributed by atoms with Crippen LogP contribution in [-0.4, -0.2) is 35.8 Å². The number of ether oxygens (including phenoxy) is 1. The minimum absolute atomic E-state index is 0.115. The molecule has 0 saturated heterocycles. The molecule has 0 aromatic heterocycles. The molecule has 2 N–H and O–H groups in total. The van der Waals surface area contributed by atoms with Crippen molar-refractivity contribution >= 4 is 24.3 Å². The Balaban J connectivity index is 2.66. The molecule has 0 atom stereocenters. The van der Waals surface area contributed by atoms with E-state index in [4.69, 9.17) is 14.8 Å². The summed E-state index contributed by atoms with van der Waals surface area (Å²) in [7, 11) is -1.65. The lowest BCUT2D eigenvalue weighted by molar-refractivity contribution is 0.325. The van der Waals surface area contributed by atoms with Crippen LogP contribution in [0, 0.1) is 5.82 Å². The van der Waals surface area contributed by atoms with Gasteiger partial charge in [0.1, 0.15) is 0 Å². The van der Waals surface area contributed by atoms with Crippen LogP contribution in [0.3, 0.4) is 0 Å². The highest BCUT2D eigenvalue weighted by Gasteiger charge is 2.13. The third-order valence-corrected chi connectivity index (χ3v) is 2.37. The second-order valence-electron chi connectivity index (χ2n) is 2.90. The van der Waals surface area contributed by atoms with Gasteiger partial charge >= 0.3 is 7.12 Å². The Labute approximate surface area is 92.4 Å². The number of thioether (sulfide) groups is 1. The van der Waals surface area contributed by atoms with Crippen LogP contribution in [-0.2, 0) is 0 Å². The van der Waals surface area contributed by atoms with Crippen LogP contribution < -0.4 is 10.2 Å². The summed E-state index contributed by atoms with van der Waals surface area (Å²) in [6.07, 6.45) is 1.94. The molecule has 6 heteroatoms. The zero-order chi connectivity index (χ0) is 11.3. The summed E-state index contributed by atoms with van der Waals surface area (Å²) >= 11 is 1.61. The standard InChI is InChI=1S/C9H12BFO3S/c1-15-5-4-14-9-3-2-7(10(12)13)6-8(9)11/h2-3,6,12-13H,4-5H2,1H3. The van der Waals surface area contributed by atoms with Gasteiger partial charge in [0.2, 0.25) is 0 Å². The van der Waals surface area contributed by atoms with Gasteiger partial charge in [-0.1, -0.05) is 6.07 Å². The van der Waals surface area contributed by atoms with Gasteiger partial charge in [0.05, 0.1) is 6.61 Å². The second kappa shape index (κ2) is 6.00. The van der Waals surface area contributed by atoms with Gasteiger partial charge < -0.3 is 14.8 Å². The van der Waals surface area contributed by atoms with Crippen molar-refractivity contribution in [2.24, 2.45) is 0 Å². The molecule has 0 bridgehead atoms. The highest BCUT2D eigenvalue weighted by Crippen LogP contribution is 2.14. The average Bonchev–Trinajstić information content (AvgIpc) is 2.20. The lowest BCUT2D eigenvalue weighted by Gasteiger charge is -2.07. The van der Waals surface area contributed by atoms with Gasteiger partial charge in [-0.25, -0.2) is 4.39 Å². The van der Waals surface area contributed by atoms with Crippen LogP contribution in [0.4, 0.5) is 4.39 Å². The van der Waals surface area contributed by atoms with Crippen LogP contribution in [0.2, 0.25) is 0 Å². The summed E-state index contributed by atoms with van der Waals surface area (Å²) in [6.45, 7) is 0.430. The number of hydrogen-bond donors (Lipinski definition) is 2. The Morgan fingerprint density at radius 2 is 2.20 bits per heavy atom. The van der Waals surface area contributed by atoms with E-state index in [0.29, 0.717) is 6.61 Å². The van der Waals surface area contributed by atoms with E-state index in [1.807, 2.05) is 6.26 Å². The maximum atomic E-state index is 13.3. The first-order valence-electron chi connectivity index (χ1n) is 4.42. The maximum absolute atomic E-state index is 13.3. The minimum Gasteiger partial charge on any atom is -0.490 e. The van der Waals surface area contributed by atoms with Crippen molar-refractivity contribution in [1.82, 2.24) is 0 Å². The van der Waals surface area contributed by atoms with Crippen LogP contribution >= 0.6 is 11.8 Å². The summed E-state index contributed by atoms with van der Waals surface area (Å²) in [5.74, 6) is 0.333. The number of benzene rings is 1. The summed E-state index contributed by atoms with van der Waals surface area (Å²) < 4.78 is 18.4. The molecular weight excluding hydrogens is 218 g/mol. The van der Waals surface area contributed by atoms with Crippen molar-refractivity contribution in [2.75, 3.05) is 18.6 Å². The fraction of sp³-hybridized carbons (Fsp3) is 0.333. The summed E-state index contributed by atoms with van der Waals surface area (Å²) in [5.41, 5.74) is 0.115. The van der Waals surface area contributed by atoms with Crippen LogP contribution in [0.1, 0.15) is 0 Å². The maximum Gasteiger partial charge on any atom is 0.488 e. The van der Waals surface area contributed by atoms with Crippen molar-refractivity contribution < 1.29 is 19.2 Å². The van der Waals surface area contributed by atoms with Gasteiger partial charge in [0, 0.05) is 5.75 Å². The largest absolute Gasteiger partial charge is 0.490 e. The van der Waals surface area contributed by atoms with E-state index < -0.39 is 12.9 Å². The van der Waals surface area contributed by atoms with Gasteiger partial charge in [0.15, 0.2) is 11.6 Å². The van der Waals surface area contributed by atoms with E-state index in [-0.39, 0.29) is 11.2 Å². The highest BCUT2D eigenvalue weighted by molar-refractivity contribution is 7.98. The van der Waals surface area contributed by atoms with Gasteiger partial charge in [-0.3, -0.25) is 0 Å². The molecule has 1 rings (SSSR count). The second-order valence-corrected chi connectivity index (χ2v) is 3.89. The van der Waals surface area contributed by atoms with Crippen molar-refractivity contribution in [2.45, 2.75) is 0 Å². The molecule has 0 radical (unpaired) electrons. The van der Waals surface area contributed by atoms with Crippen LogP contribution in [0.25, 0.3) is 0 Å². The SMILES string of the molecule is CSCCOc1ccc(B(O)O)cc1F. The van der Waals surface area contributed by atoms with Gasteiger partial charge in [-0.2, -0.15) is 11.8 Å². The molecule has 0 amide bonds. The Morgan fingerprint density at radius 1 is 1.47 bits per heavy atom. The van der Waals surface area contributed by atoms with E-state index in [9.17, 15) is 4.39 Å². The Kier molecular flexibility index (Phi) is 4.94.